The van der Waals surface area contributed by atoms with Gasteiger partial charge in [0.2, 0.25) is 0 Å². The van der Waals surface area contributed by atoms with Gasteiger partial charge in [-0.15, -0.1) is 0 Å². The summed E-state index contributed by atoms with van der Waals surface area (Å²) in [4.78, 5) is 0. The molecule has 20 heavy (non-hydrogen) atoms. The molecule has 0 aliphatic rings. The third-order valence-corrected chi connectivity index (χ3v) is 3.80. The number of benzene rings is 1. The summed E-state index contributed by atoms with van der Waals surface area (Å²) in [7, 11) is 1.91. The number of nitrogens with two attached hydrogens (primary N) is 1. The highest BCUT2D eigenvalue weighted by Crippen LogP contribution is 2.36. The van der Waals surface area contributed by atoms with Crippen molar-refractivity contribution in [3.8, 4) is 11.1 Å². The molecule has 2 heterocycles. The molecule has 0 aliphatic heterocycles. The largest absolute Gasteiger partial charge is 0.382 e. The highest BCUT2D eigenvalue weighted by molar-refractivity contribution is 7.11. The summed E-state index contributed by atoms with van der Waals surface area (Å²) in [5.41, 5.74) is 9.01. The van der Waals surface area contributed by atoms with Crippen LogP contribution in [0.3, 0.4) is 0 Å². The molecule has 0 bridgehead atoms. The first-order valence-electron chi connectivity index (χ1n) is 6.27. The van der Waals surface area contributed by atoms with Crippen molar-refractivity contribution in [1.29, 1.82) is 0 Å². The summed E-state index contributed by atoms with van der Waals surface area (Å²) in [6, 6.07) is 12.0. The first-order chi connectivity index (χ1) is 9.74. The van der Waals surface area contributed by atoms with Gasteiger partial charge >= 0.3 is 0 Å². The minimum absolute atomic E-state index is 0.560. The van der Waals surface area contributed by atoms with E-state index in [1.807, 2.05) is 49.6 Å². The van der Waals surface area contributed by atoms with E-state index in [0.29, 0.717) is 12.4 Å². The lowest BCUT2D eigenvalue weighted by Gasteiger charge is -2.06. The molecule has 3 aromatic rings. The zero-order valence-electron chi connectivity index (χ0n) is 11.1. The highest BCUT2D eigenvalue weighted by atomic mass is 32.1. The maximum Gasteiger partial charge on any atom is 0.147 e. The van der Waals surface area contributed by atoms with Crippen LogP contribution in [0.2, 0.25) is 0 Å². The van der Waals surface area contributed by atoms with Gasteiger partial charge < -0.3 is 11.1 Å². The molecule has 2 aromatic heterocycles. The van der Waals surface area contributed by atoms with Gasteiger partial charge in [-0.05, 0) is 23.2 Å². The predicted octanol–water partition coefficient (Wildman–Crippen LogP) is 2.74. The van der Waals surface area contributed by atoms with Crippen LogP contribution >= 0.6 is 11.5 Å². The van der Waals surface area contributed by atoms with Crippen LogP contribution in [0.1, 0.15) is 5.69 Å². The van der Waals surface area contributed by atoms with Crippen LogP contribution in [0, 0.1) is 0 Å². The molecule has 3 N–H and O–H groups in total. The van der Waals surface area contributed by atoms with E-state index in [4.69, 9.17) is 5.73 Å². The fourth-order valence-electron chi connectivity index (χ4n) is 2.04. The molecule has 0 spiro atoms. The summed E-state index contributed by atoms with van der Waals surface area (Å²) in [5, 5.41) is 8.68. The van der Waals surface area contributed by atoms with Crippen molar-refractivity contribution < 1.29 is 0 Å². The molecule has 0 radical (unpaired) electrons. The molecule has 0 fully saturated rings. The number of nitrogens with one attached hydrogen (secondary N) is 1. The summed E-state index contributed by atoms with van der Waals surface area (Å²) in [6.07, 6.45) is 1.93. The Morgan fingerprint density at radius 1 is 1.25 bits per heavy atom. The maximum atomic E-state index is 5.99. The van der Waals surface area contributed by atoms with Gasteiger partial charge in [0.25, 0.3) is 0 Å². The lowest BCUT2D eigenvalue weighted by molar-refractivity contribution is 0.747. The fourth-order valence-corrected chi connectivity index (χ4v) is 2.77. The molecular formula is C14H15N5S. The molecule has 3 rings (SSSR count). The van der Waals surface area contributed by atoms with Crippen molar-refractivity contribution >= 4 is 22.4 Å². The first kappa shape index (κ1) is 12.7. The standard InChI is InChI=1S/C14H15N5S/c1-19-8-7-11(17-19)9-16-14-12(13(15)18-20-14)10-5-3-2-4-6-10/h2-8,16H,9H2,1H3,(H2,15,18). The number of aromatic nitrogens is 3. The van der Waals surface area contributed by atoms with Crippen molar-refractivity contribution in [2.45, 2.75) is 6.54 Å². The average Bonchev–Trinajstić information content (AvgIpc) is 3.03. The molecule has 0 amide bonds. The van der Waals surface area contributed by atoms with Gasteiger partial charge in [-0.25, -0.2) is 0 Å². The van der Waals surface area contributed by atoms with Crippen molar-refractivity contribution in [3.05, 3.63) is 48.3 Å². The van der Waals surface area contributed by atoms with Gasteiger partial charge in [0, 0.05) is 13.2 Å². The zero-order chi connectivity index (χ0) is 13.9. The van der Waals surface area contributed by atoms with Crippen LogP contribution in [0.15, 0.2) is 42.6 Å². The van der Waals surface area contributed by atoms with E-state index in [1.54, 1.807) is 4.68 Å². The molecule has 0 saturated heterocycles. The average molecular weight is 285 g/mol. The maximum absolute atomic E-state index is 5.99. The summed E-state index contributed by atoms with van der Waals surface area (Å²) in [6.45, 7) is 0.655. The SMILES string of the molecule is Cn1ccc(CNc2snc(N)c2-c2ccccc2)n1. The van der Waals surface area contributed by atoms with E-state index in [-0.39, 0.29) is 0 Å². The number of aryl methyl sites for hydroxylation is 1. The van der Waals surface area contributed by atoms with E-state index < -0.39 is 0 Å². The second-order valence-electron chi connectivity index (χ2n) is 4.47. The summed E-state index contributed by atoms with van der Waals surface area (Å²) in [5.74, 6) is 0.560. The normalized spacial score (nSPS) is 10.7. The Kier molecular flexibility index (Phi) is 3.39. The Hall–Kier alpha value is -2.34. The smallest absolute Gasteiger partial charge is 0.147 e. The van der Waals surface area contributed by atoms with Crippen molar-refractivity contribution in [2.75, 3.05) is 11.1 Å². The summed E-state index contributed by atoms with van der Waals surface area (Å²) >= 11 is 1.38. The molecule has 0 atom stereocenters. The molecule has 5 nitrogen and oxygen atoms in total. The second-order valence-corrected chi connectivity index (χ2v) is 5.25. The van der Waals surface area contributed by atoms with E-state index >= 15 is 0 Å². The third-order valence-electron chi connectivity index (χ3n) is 2.98. The number of hydrogen-bond donors (Lipinski definition) is 2. The molecule has 0 saturated carbocycles. The number of nitrogen functional groups attached to an aromatic ring is 1. The quantitative estimate of drug-likeness (QED) is 0.773. The van der Waals surface area contributed by atoms with Crippen LogP contribution in [-0.4, -0.2) is 14.2 Å². The van der Waals surface area contributed by atoms with Gasteiger partial charge in [-0.1, -0.05) is 30.3 Å². The topological polar surface area (TPSA) is 68.8 Å². The minimum atomic E-state index is 0.560. The van der Waals surface area contributed by atoms with E-state index in [2.05, 4.69) is 14.8 Å². The van der Waals surface area contributed by atoms with Crippen molar-refractivity contribution in [2.24, 2.45) is 7.05 Å². The van der Waals surface area contributed by atoms with Gasteiger partial charge in [-0.3, -0.25) is 4.68 Å². The second kappa shape index (κ2) is 5.34. The van der Waals surface area contributed by atoms with Gasteiger partial charge in [0.15, 0.2) is 0 Å². The van der Waals surface area contributed by atoms with E-state index in [1.165, 1.54) is 11.5 Å². The molecule has 6 heteroatoms. The molecular weight excluding hydrogens is 270 g/mol. The van der Waals surface area contributed by atoms with Crippen LogP contribution < -0.4 is 11.1 Å². The van der Waals surface area contributed by atoms with Crippen LogP contribution in [0.25, 0.3) is 11.1 Å². The Bertz CT molecular complexity index is 701. The van der Waals surface area contributed by atoms with Crippen LogP contribution in [0.5, 0.6) is 0 Å². The van der Waals surface area contributed by atoms with E-state index in [0.717, 1.165) is 21.8 Å². The fraction of sp³-hybridized carbons (Fsp3) is 0.143. The Labute approximate surface area is 121 Å². The predicted molar refractivity (Wildman–Crippen MR) is 82.5 cm³/mol. The minimum Gasteiger partial charge on any atom is -0.382 e. The number of rotatable bonds is 4. The Morgan fingerprint density at radius 3 is 2.75 bits per heavy atom. The van der Waals surface area contributed by atoms with Crippen molar-refractivity contribution in [1.82, 2.24) is 14.2 Å². The Morgan fingerprint density at radius 2 is 2.05 bits per heavy atom. The van der Waals surface area contributed by atoms with Crippen LogP contribution in [0.4, 0.5) is 10.8 Å². The van der Waals surface area contributed by atoms with Gasteiger partial charge in [0.05, 0.1) is 17.8 Å². The lowest BCUT2D eigenvalue weighted by Crippen LogP contribution is -2.01. The Balaban J connectivity index is 1.84. The molecule has 1 aromatic carbocycles. The van der Waals surface area contributed by atoms with Gasteiger partial charge in [-0.2, -0.15) is 9.47 Å². The van der Waals surface area contributed by atoms with E-state index in [9.17, 15) is 0 Å². The highest BCUT2D eigenvalue weighted by Gasteiger charge is 2.13. The summed E-state index contributed by atoms with van der Waals surface area (Å²) < 4.78 is 6.03. The first-order valence-corrected chi connectivity index (χ1v) is 7.04. The number of nitrogens with zero attached hydrogens (tertiary/aromatic N) is 3. The van der Waals surface area contributed by atoms with Gasteiger partial charge in [0.1, 0.15) is 10.8 Å². The third kappa shape index (κ3) is 2.50. The molecule has 0 unspecified atom stereocenters. The number of anilines is 2. The number of hydrogen-bond acceptors (Lipinski definition) is 5. The molecule has 102 valence electrons. The monoisotopic (exact) mass is 285 g/mol. The zero-order valence-corrected chi connectivity index (χ0v) is 11.9. The lowest BCUT2D eigenvalue weighted by atomic mass is 10.1. The van der Waals surface area contributed by atoms with Crippen LogP contribution in [-0.2, 0) is 13.6 Å². The van der Waals surface area contributed by atoms with Crippen molar-refractivity contribution in [3.63, 3.8) is 0 Å². The molecule has 0 aliphatic carbocycles.